The molecule has 1 saturated heterocycles. The second-order valence-electron chi connectivity index (χ2n) is 9.45. The van der Waals surface area contributed by atoms with Gasteiger partial charge in [0.1, 0.15) is 11.3 Å². The number of ketones is 1. The Morgan fingerprint density at radius 1 is 1.12 bits per heavy atom. The Morgan fingerprint density at radius 2 is 1.82 bits per heavy atom. The summed E-state index contributed by atoms with van der Waals surface area (Å²) >= 11 is 0. The number of fused-ring (bicyclic) bond motifs is 1. The first-order valence-corrected chi connectivity index (χ1v) is 11.7. The largest absolute Gasteiger partial charge is 0.505 e. The van der Waals surface area contributed by atoms with Gasteiger partial charge < -0.3 is 14.9 Å². The molecule has 1 unspecified atom stereocenters. The molecular formula is C27H32N4O3. The minimum atomic E-state index is -0.662. The molecule has 1 atom stereocenters. The Kier molecular flexibility index (Phi) is 6.57. The van der Waals surface area contributed by atoms with Gasteiger partial charge in [-0.3, -0.25) is 14.0 Å². The van der Waals surface area contributed by atoms with Crippen LogP contribution in [0.3, 0.4) is 0 Å². The van der Waals surface area contributed by atoms with E-state index in [4.69, 9.17) is 0 Å². The molecule has 0 bridgehead atoms. The van der Waals surface area contributed by atoms with E-state index in [0.29, 0.717) is 29.5 Å². The number of Topliss-reactive ketones (excluding diaryl/α,β-unsaturated/α-hetero) is 1. The van der Waals surface area contributed by atoms with E-state index in [1.807, 2.05) is 61.5 Å². The van der Waals surface area contributed by atoms with Crippen molar-refractivity contribution < 1.29 is 14.7 Å². The van der Waals surface area contributed by atoms with Crippen LogP contribution in [0.15, 0.2) is 54.2 Å². The summed E-state index contributed by atoms with van der Waals surface area (Å²) in [6.45, 7) is 7.24. The van der Waals surface area contributed by atoms with Gasteiger partial charge in [0, 0.05) is 12.7 Å². The number of aliphatic hydroxyl groups excluding tert-OH is 1. The van der Waals surface area contributed by atoms with E-state index >= 15 is 0 Å². The number of aliphatic hydroxyl groups is 1. The standard InChI is InChI=1S/C27H32N4O3/c1-17(2)19-10-12-20(13-11-19)24-22(26(33)27(34)31(24)16-8-14-29(4)5)25(32)23-18(3)28-21-9-6-7-15-30(21)23/h6-7,9-13,15,17,24,32H,8,14,16H2,1-5H3/b25-22+. The van der Waals surface area contributed by atoms with Crippen molar-refractivity contribution in [1.82, 2.24) is 19.2 Å². The number of aryl methyl sites for hydroxylation is 1. The molecule has 0 aliphatic carbocycles. The van der Waals surface area contributed by atoms with Crippen LogP contribution in [0.5, 0.6) is 0 Å². The number of amides is 1. The average molecular weight is 461 g/mol. The lowest BCUT2D eigenvalue weighted by Crippen LogP contribution is -2.32. The quantitative estimate of drug-likeness (QED) is 0.326. The molecule has 3 aromatic rings. The summed E-state index contributed by atoms with van der Waals surface area (Å²) in [5.41, 5.74) is 3.79. The number of aromatic nitrogens is 2. The van der Waals surface area contributed by atoms with E-state index < -0.39 is 17.7 Å². The second kappa shape index (κ2) is 9.43. The summed E-state index contributed by atoms with van der Waals surface area (Å²) in [5.74, 6) is -1.07. The molecule has 1 aromatic carbocycles. The number of carbonyl (C=O) groups excluding carboxylic acids is 2. The molecule has 3 heterocycles. The molecule has 7 heteroatoms. The molecule has 34 heavy (non-hydrogen) atoms. The van der Waals surface area contributed by atoms with Crippen molar-refractivity contribution in [2.45, 2.75) is 39.2 Å². The zero-order valence-electron chi connectivity index (χ0n) is 20.4. The van der Waals surface area contributed by atoms with Crippen LogP contribution in [0.2, 0.25) is 0 Å². The Hall–Kier alpha value is -3.45. The highest BCUT2D eigenvalue weighted by atomic mass is 16.3. The smallest absolute Gasteiger partial charge is 0.295 e. The van der Waals surface area contributed by atoms with Gasteiger partial charge in [-0.25, -0.2) is 4.98 Å². The molecule has 178 valence electrons. The second-order valence-corrected chi connectivity index (χ2v) is 9.45. The lowest BCUT2D eigenvalue weighted by molar-refractivity contribution is -0.139. The van der Waals surface area contributed by atoms with Gasteiger partial charge >= 0.3 is 0 Å². The van der Waals surface area contributed by atoms with Crippen molar-refractivity contribution >= 4 is 23.1 Å². The lowest BCUT2D eigenvalue weighted by atomic mass is 9.93. The van der Waals surface area contributed by atoms with Crippen LogP contribution in [0.4, 0.5) is 0 Å². The number of pyridine rings is 1. The van der Waals surface area contributed by atoms with Gasteiger partial charge in [0.05, 0.1) is 17.3 Å². The van der Waals surface area contributed by atoms with Crippen LogP contribution in [-0.2, 0) is 9.59 Å². The topological polar surface area (TPSA) is 78.1 Å². The third kappa shape index (κ3) is 4.23. The van der Waals surface area contributed by atoms with Crippen LogP contribution in [0.25, 0.3) is 11.4 Å². The summed E-state index contributed by atoms with van der Waals surface area (Å²) in [7, 11) is 3.95. The summed E-state index contributed by atoms with van der Waals surface area (Å²) < 4.78 is 1.75. The zero-order valence-corrected chi connectivity index (χ0v) is 20.4. The van der Waals surface area contributed by atoms with E-state index in [1.54, 1.807) is 22.4 Å². The normalized spacial score (nSPS) is 18.1. The molecule has 1 aliphatic rings. The summed E-state index contributed by atoms with van der Waals surface area (Å²) in [6, 6.07) is 12.9. The molecule has 7 nitrogen and oxygen atoms in total. The number of hydrogen-bond donors (Lipinski definition) is 1. The van der Waals surface area contributed by atoms with E-state index in [9.17, 15) is 14.7 Å². The van der Waals surface area contributed by atoms with Gasteiger partial charge in [0.2, 0.25) is 0 Å². The summed E-state index contributed by atoms with van der Waals surface area (Å²) in [5, 5.41) is 11.5. The molecular weight excluding hydrogens is 428 g/mol. The Labute approximate surface area is 200 Å². The van der Waals surface area contributed by atoms with Crippen molar-refractivity contribution in [3.05, 3.63) is 76.7 Å². The van der Waals surface area contributed by atoms with E-state index in [2.05, 4.69) is 18.8 Å². The van der Waals surface area contributed by atoms with Crippen molar-refractivity contribution in [2.24, 2.45) is 0 Å². The molecule has 4 rings (SSSR count). The van der Waals surface area contributed by atoms with Gasteiger partial charge in [-0.2, -0.15) is 0 Å². The molecule has 0 saturated carbocycles. The SMILES string of the molecule is Cc1nc2ccccn2c1/C(O)=C1\C(=O)C(=O)N(CCCN(C)C)C1c1ccc(C(C)C)cc1. The van der Waals surface area contributed by atoms with E-state index in [0.717, 1.165) is 18.5 Å². The number of likely N-dealkylation sites (tertiary alicyclic amines) is 1. The highest BCUT2D eigenvalue weighted by Gasteiger charge is 2.46. The van der Waals surface area contributed by atoms with Gasteiger partial charge in [-0.1, -0.05) is 44.2 Å². The first-order chi connectivity index (χ1) is 16.2. The third-order valence-corrected chi connectivity index (χ3v) is 6.39. The minimum absolute atomic E-state index is 0.112. The van der Waals surface area contributed by atoms with E-state index in [1.165, 1.54) is 5.56 Å². The number of benzene rings is 1. The Morgan fingerprint density at radius 3 is 2.47 bits per heavy atom. The maximum Gasteiger partial charge on any atom is 0.295 e. The van der Waals surface area contributed by atoms with Crippen molar-refractivity contribution in [3.63, 3.8) is 0 Å². The third-order valence-electron chi connectivity index (χ3n) is 6.39. The van der Waals surface area contributed by atoms with Gasteiger partial charge in [-0.15, -0.1) is 0 Å². The number of nitrogens with zero attached hydrogens (tertiary/aromatic N) is 4. The minimum Gasteiger partial charge on any atom is -0.505 e. The summed E-state index contributed by atoms with van der Waals surface area (Å²) in [4.78, 5) is 34.6. The Balaban J connectivity index is 1.86. The average Bonchev–Trinajstić information content (AvgIpc) is 3.27. The highest BCUT2D eigenvalue weighted by Crippen LogP contribution is 2.40. The van der Waals surface area contributed by atoms with Gasteiger partial charge in [0.15, 0.2) is 5.76 Å². The highest BCUT2D eigenvalue weighted by molar-refractivity contribution is 6.46. The Bertz CT molecular complexity index is 1250. The molecule has 1 aliphatic heterocycles. The number of rotatable bonds is 7. The number of imidazole rings is 1. The molecule has 1 N–H and O–H groups in total. The van der Waals surface area contributed by atoms with Gasteiger partial charge in [0.25, 0.3) is 11.7 Å². The van der Waals surface area contributed by atoms with Crippen molar-refractivity contribution in [3.8, 4) is 0 Å². The van der Waals surface area contributed by atoms with Gasteiger partial charge in [-0.05, 0) is 63.2 Å². The van der Waals surface area contributed by atoms with Crippen LogP contribution < -0.4 is 0 Å². The first kappa shape index (κ1) is 23.7. The van der Waals surface area contributed by atoms with Crippen LogP contribution >= 0.6 is 0 Å². The monoisotopic (exact) mass is 460 g/mol. The first-order valence-electron chi connectivity index (χ1n) is 11.7. The summed E-state index contributed by atoms with van der Waals surface area (Å²) in [6.07, 6.45) is 2.51. The molecule has 0 spiro atoms. The van der Waals surface area contributed by atoms with Crippen molar-refractivity contribution in [1.29, 1.82) is 0 Å². The number of hydrogen-bond acceptors (Lipinski definition) is 5. The molecule has 1 amide bonds. The fraction of sp³-hybridized carbons (Fsp3) is 0.370. The molecule has 0 radical (unpaired) electrons. The fourth-order valence-electron chi connectivity index (χ4n) is 4.60. The lowest BCUT2D eigenvalue weighted by Gasteiger charge is -2.26. The zero-order chi connectivity index (χ0) is 24.6. The van der Waals surface area contributed by atoms with Crippen LogP contribution in [-0.4, -0.2) is 63.2 Å². The maximum atomic E-state index is 13.3. The van der Waals surface area contributed by atoms with E-state index in [-0.39, 0.29) is 11.3 Å². The van der Waals surface area contributed by atoms with Crippen LogP contribution in [0, 0.1) is 6.92 Å². The fourth-order valence-corrected chi connectivity index (χ4v) is 4.60. The number of carbonyl (C=O) groups is 2. The predicted octanol–water partition coefficient (Wildman–Crippen LogP) is 4.14. The maximum absolute atomic E-state index is 13.3. The molecule has 2 aromatic heterocycles. The predicted molar refractivity (Wildman–Crippen MR) is 133 cm³/mol. The van der Waals surface area contributed by atoms with Crippen LogP contribution in [0.1, 0.15) is 54.7 Å². The molecule has 1 fully saturated rings. The van der Waals surface area contributed by atoms with Crippen molar-refractivity contribution in [2.75, 3.05) is 27.2 Å².